The Bertz CT molecular complexity index is 1710. The molecule has 0 spiro atoms. The maximum Gasteiger partial charge on any atom is 0.491 e. The standard InChI is InChI=1S/C23H29F.C15H22BFO2.C8H9Br.CH4/c1-4-5-18-7-10-19(11-8-18)20-12-13-22(23(24)15-20)21-9-6-16(2)17(3)14-21;1-2-3-11-4-6-12(7-5-11)13-8-9-14(16(18)19)15(17)10-13;1-6-3-4-8(9)5-7(6)2;/h6,9,12-15,18-19H,4-5,7-8,10-11H2,1-3H3;8-12,18-19H,2-7H2,1H3;3-5H,1-2H3;1H4. The van der Waals surface area contributed by atoms with Gasteiger partial charge in [-0.05, 0) is 166 Å². The lowest BCUT2D eigenvalue weighted by Gasteiger charge is -2.28. The fraction of sp³-hybridized carbons (Fsp3) is 0.489. The lowest BCUT2D eigenvalue weighted by atomic mass is 9.75. The number of halogens is 3. The predicted octanol–water partition coefficient (Wildman–Crippen LogP) is 13.5. The van der Waals surface area contributed by atoms with Gasteiger partial charge in [-0.2, -0.15) is 0 Å². The Morgan fingerprint density at radius 1 is 0.585 bits per heavy atom. The van der Waals surface area contributed by atoms with Gasteiger partial charge in [-0.25, -0.2) is 8.78 Å². The molecule has 4 aromatic rings. The van der Waals surface area contributed by atoms with E-state index in [1.54, 1.807) is 6.07 Å². The summed E-state index contributed by atoms with van der Waals surface area (Å²) >= 11 is 3.40. The third kappa shape index (κ3) is 13.2. The second-order valence-corrected chi connectivity index (χ2v) is 16.3. The van der Waals surface area contributed by atoms with Crippen LogP contribution >= 0.6 is 15.9 Å². The highest BCUT2D eigenvalue weighted by atomic mass is 79.9. The minimum Gasteiger partial charge on any atom is -0.423 e. The van der Waals surface area contributed by atoms with Gasteiger partial charge in [-0.15, -0.1) is 0 Å². The monoisotopic (exact) mass is 788 g/mol. The van der Waals surface area contributed by atoms with E-state index in [-0.39, 0.29) is 18.7 Å². The first-order valence-corrected chi connectivity index (χ1v) is 20.4. The fourth-order valence-corrected chi connectivity index (χ4v) is 8.50. The van der Waals surface area contributed by atoms with Crippen molar-refractivity contribution in [2.24, 2.45) is 11.8 Å². The van der Waals surface area contributed by atoms with E-state index in [1.165, 1.54) is 104 Å². The third-order valence-corrected chi connectivity index (χ3v) is 12.1. The average Bonchev–Trinajstić information content (AvgIpc) is 3.12. The molecule has 2 nitrogen and oxygen atoms in total. The lowest BCUT2D eigenvalue weighted by Crippen LogP contribution is -2.32. The highest BCUT2D eigenvalue weighted by molar-refractivity contribution is 9.10. The van der Waals surface area contributed by atoms with Gasteiger partial charge in [0.2, 0.25) is 0 Å². The van der Waals surface area contributed by atoms with Crippen LogP contribution in [0, 0.1) is 51.2 Å². The Hall–Kier alpha value is -2.80. The van der Waals surface area contributed by atoms with Crippen molar-refractivity contribution in [3.63, 3.8) is 0 Å². The third-order valence-electron chi connectivity index (χ3n) is 11.6. The van der Waals surface area contributed by atoms with Crippen LogP contribution in [0.2, 0.25) is 0 Å². The van der Waals surface area contributed by atoms with Crippen molar-refractivity contribution in [1.29, 1.82) is 0 Å². The van der Waals surface area contributed by atoms with Crippen LogP contribution in [0.5, 0.6) is 0 Å². The van der Waals surface area contributed by atoms with E-state index in [9.17, 15) is 8.78 Å². The van der Waals surface area contributed by atoms with Gasteiger partial charge in [0.25, 0.3) is 0 Å². The zero-order chi connectivity index (χ0) is 37.8. The molecule has 288 valence electrons. The van der Waals surface area contributed by atoms with Gasteiger partial charge in [0.15, 0.2) is 0 Å². The number of hydrogen-bond acceptors (Lipinski definition) is 2. The molecule has 2 N–H and O–H groups in total. The molecule has 6 rings (SSSR count). The smallest absolute Gasteiger partial charge is 0.423 e. The molecule has 2 aliphatic rings. The lowest BCUT2D eigenvalue weighted by molar-refractivity contribution is 0.308. The van der Waals surface area contributed by atoms with Gasteiger partial charge in [0.1, 0.15) is 11.6 Å². The molecule has 2 saturated carbocycles. The van der Waals surface area contributed by atoms with Crippen LogP contribution in [0.25, 0.3) is 11.1 Å². The first kappa shape index (κ1) is 44.6. The average molecular weight is 790 g/mol. The highest BCUT2D eigenvalue weighted by Crippen LogP contribution is 2.39. The molecule has 0 atom stereocenters. The van der Waals surface area contributed by atoms with Crippen LogP contribution in [0.3, 0.4) is 0 Å². The Labute approximate surface area is 329 Å². The molecule has 53 heavy (non-hydrogen) atoms. The van der Waals surface area contributed by atoms with E-state index >= 15 is 0 Å². The molecule has 0 aromatic heterocycles. The van der Waals surface area contributed by atoms with Gasteiger partial charge < -0.3 is 10.0 Å². The van der Waals surface area contributed by atoms with Crippen molar-refractivity contribution < 1.29 is 18.8 Å². The molecule has 0 bridgehead atoms. The van der Waals surface area contributed by atoms with E-state index in [4.69, 9.17) is 10.0 Å². The summed E-state index contributed by atoms with van der Waals surface area (Å²) in [6.07, 6.45) is 14.9. The van der Waals surface area contributed by atoms with Crippen LogP contribution in [0.4, 0.5) is 8.78 Å². The van der Waals surface area contributed by atoms with Crippen molar-refractivity contribution in [3.8, 4) is 11.1 Å². The molecule has 0 amide bonds. The van der Waals surface area contributed by atoms with Gasteiger partial charge in [0, 0.05) is 15.5 Å². The molecular weight excluding hydrogens is 725 g/mol. The zero-order valence-corrected chi connectivity index (χ0v) is 33.9. The first-order valence-electron chi connectivity index (χ1n) is 19.6. The normalized spacial score (nSPS) is 19.5. The Kier molecular flexibility index (Phi) is 18.5. The summed E-state index contributed by atoms with van der Waals surface area (Å²) in [5.74, 6) is 2.11. The van der Waals surface area contributed by atoms with Crippen molar-refractivity contribution in [1.82, 2.24) is 0 Å². The minimum atomic E-state index is -1.73. The van der Waals surface area contributed by atoms with Crippen LogP contribution < -0.4 is 5.46 Å². The molecule has 4 aromatic carbocycles. The van der Waals surface area contributed by atoms with Crippen LogP contribution in [-0.4, -0.2) is 17.2 Å². The summed E-state index contributed by atoms with van der Waals surface area (Å²) in [5, 5.41) is 18.0. The first-order chi connectivity index (χ1) is 24.9. The minimum absolute atomic E-state index is 0. The Balaban J connectivity index is 0.000000232. The van der Waals surface area contributed by atoms with E-state index < -0.39 is 12.9 Å². The molecule has 0 heterocycles. The van der Waals surface area contributed by atoms with Gasteiger partial charge in [-0.1, -0.05) is 111 Å². The summed E-state index contributed by atoms with van der Waals surface area (Å²) < 4.78 is 29.6. The number of benzene rings is 4. The largest absolute Gasteiger partial charge is 0.491 e. The fourth-order valence-electron chi connectivity index (χ4n) is 8.03. The quantitative estimate of drug-likeness (QED) is 0.175. The number of rotatable bonds is 8. The second kappa shape index (κ2) is 21.9. The second-order valence-electron chi connectivity index (χ2n) is 15.4. The van der Waals surface area contributed by atoms with E-state index in [1.807, 2.05) is 18.2 Å². The van der Waals surface area contributed by atoms with Gasteiger partial charge in [0.05, 0.1) is 0 Å². The molecule has 0 unspecified atom stereocenters. The Morgan fingerprint density at radius 3 is 1.47 bits per heavy atom. The SMILES string of the molecule is C.CCCC1CCC(c2ccc(-c3ccc(C)c(C)c3)c(F)c2)CC1.CCCC1CCC(c2ccc(B(O)O)c(F)c2)CC1.Cc1ccc(Br)cc1C. The van der Waals surface area contributed by atoms with Gasteiger partial charge in [-0.3, -0.25) is 0 Å². The van der Waals surface area contributed by atoms with Crippen molar-refractivity contribution >= 4 is 28.5 Å². The molecule has 6 heteroatoms. The summed E-state index contributed by atoms with van der Waals surface area (Å²) in [4.78, 5) is 0. The molecule has 2 aliphatic carbocycles. The molecule has 0 saturated heterocycles. The molecular formula is C47H64BBrF2O2. The topological polar surface area (TPSA) is 40.5 Å². The number of aryl methyl sites for hydroxylation is 4. The summed E-state index contributed by atoms with van der Waals surface area (Å²) in [6.45, 7) is 12.9. The van der Waals surface area contributed by atoms with Crippen molar-refractivity contribution in [3.05, 3.63) is 122 Å². The predicted molar refractivity (Wildman–Crippen MR) is 227 cm³/mol. The highest BCUT2D eigenvalue weighted by Gasteiger charge is 2.25. The summed E-state index contributed by atoms with van der Waals surface area (Å²) in [7, 11) is -1.73. The maximum absolute atomic E-state index is 14.7. The van der Waals surface area contributed by atoms with Gasteiger partial charge >= 0.3 is 7.12 Å². The Morgan fingerprint density at radius 2 is 1.06 bits per heavy atom. The molecule has 2 fully saturated rings. The summed E-state index contributed by atoms with van der Waals surface area (Å²) in [6, 6.07) is 23.2. The molecule has 0 radical (unpaired) electrons. The van der Waals surface area contributed by atoms with Crippen LogP contribution in [0.15, 0.2) is 77.3 Å². The van der Waals surface area contributed by atoms with E-state index in [0.717, 1.165) is 45.8 Å². The van der Waals surface area contributed by atoms with Crippen molar-refractivity contribution in [2.45, 2.75) is 138 Å². The zero-order valence-electron chi connectivity index (χ0n) is 32.3. The van der Waals surface area contributed by atoms with E-state index in [0.29, 0.717) is 11.8 Å². The summed E-state index contributed by atoms with van der Waals surface area (Å²) in [5.41, 5.74) is 9.00. The maximum atomic E-state index is 14.7. The van der Waals surface area contributed by atoms with E-state index in [2.05, 4.69) is 93.9 Å². The van der Waals surface area contributed by atoms with Crippen molar-refractivity contribution in [2.75, 3.05) is 0 Å². The molecule has 0 aliphatic heterocycles. The number of hydrogen-bond donors (Lipinski definition) is 2. The van der Waals surface area contributed by atoms with Crippen LogP contribution in [0.1, 0.15) is 144 Å². The van der Waals surface area contributed by atoms with Crippen LogP contribution in [-0.2, 0) is 0 Å².